The Hall–Kier alpha value is -2.34. The van der Waals surface area contributed by atoms with Gasteiger partial charge in [-0.05, 0) is 41.8 Å². The second kappa shape index (κ2) is 10.8. The van der Waals surface area contributed by atoms with Crippen LogP contribution < -0.4 is 0 Å². The highest BCUT2D eigenvalue weighted by atomic mass is 32.2. The zero-order valence-corrected chi connectivity index (χ0v) is 16.9. The fourth-order valence-electron chi connectivity index (χ4n) is 2.01. The lowest BCUT2D eigenvalue weighted by atomic mass is 10.1. The maximum Gasteiger partial charge on any atom is 0.490 e. The van der Waals surface area contributed by atoms with Gasteiger partial charge in [-0.3, -0.25) is 0 Å². The lowest BCUT2D eigenvalue weighted by Gasteiger charge is -2.08. The van der Waals surface area contributed by atoms with Gasteiger partial charge in [-0.15, -0.1) is 0 Å². The molecule has 31 heavy (non-hydrogen) atoms. The van der Waals surface area contributed by atoms with Gasteiger partial charge in [-0.1, -0.05) is 47.8 Å². The first-order valence-electron chi connectivity index (χ1n) is 9.19. The van der Waals surface area contributed by atoms with Crippen LogP contribution in [0.5, 0.6) is 0 Å². The van der Waals surface area contributed by atoms with Gasteiger partial charge in [0, 0.05) is 9.79 Å². The van der Waals surface area contributed by atoms with Gasteiger partial charge in [0.05, 0.1) is 2.74 Å². The highest BCUT2D eigenvalue weighted by Crippen LogP contribution is 2.24. The second-order valence-corrected chi connectivity index (χ2v) is 7.57. The summed E-state index contributed by atoms with van der Waals surface area (Å²) in [4.78, 5) is 22.3. The number of alkyl halides is 6. The van der Waals surface area contributed by atoms with Crippen LogP contribution in [0.3, 0.4) is 0 Å². The molecule has 0 aliphatic heterocycles. The Labute approximate surface area is 184 Å². The predicted molar refractivity (Wildman–Crippen MR) is 101 cm³/mol. The molecule has 2 aromatic rings. The number of benzene rings is 2. The third-order valence-corrected chi connectivity index (χ3v) is 4.94. The Morgan fingerprint density at radius 1 is 0.742 bits per heavy atom. The number of halogens is 6. The Morgan fingerprint density at radius 3 is 1.61 bits per heavy atom. The molecule has 0 saturated heterocycles. The van der Waals surface area contributed by atoms with E-state index in [0.717, 1.165) is 22.9 Å². The van der Waals surface area contributed by atoms with Crippen LogP contribution in [0.4, 0.5) is 26.3 Å². The molecule has 2 aromatic carbocycles. The van der Waals surface area contributed by atoms with Crippen LogP contribution in [0, 0.1) is 0 Å². The number of hydrogen-bond donors (Lipinski definition) is 0. The Kier molecular flexibility index (Phi) is 7.62. The molecule has 0 radical (unpaired) electrons. The topological polar surface area (TPSA) is 52.6 Å². The second-order valence-electron chi connectivity index (χ2n) is 5.73. The van der Waals surface area contributed by atoms with Crippen molar-refractivity contribution in [2.24, 2.45) is 0 Å². The van der Waals surface area contributed by atoms with Gasteiger partial charge >= 0.3 is 24.3 Å². The van der Waals surface area contributed by atoms with Crippen molar-refractivity contribution in [2.45, 2.75) is 28.6 Å². The molecule has 0 spiro atoms. The zero-order chi connectivity index (χ0) is 24.9. The van der Waals surface area contributed by atoms with Crippen molar-refractivity contribution < 1.29 is 48.1 Å². The Bertz CT molecular complexity index is 964. The quantitative estimate of drug-likeness (QED) is 0.210. The molecule has 168 valence electrons. The van der Waals surface area contributed by atoms with Gasteiger partial charge in [0.1, 0.15) is 11.8 Å². The van der Waals surface area contributed by atoms with Crippen molar-refractivity contribution in [3.8, 4) is 0 Å². The largest absolute Gasteiger partial charge is 0.490 e. The van der Waals surface area contributed by atoms with E-state index in [0.29, 0.717) is 23.1 Å². The maximum atomic E-state index is 12.2. The van der Waals surface area contributed by atoms with Gasteiger partial charge in [0.2, 0.25) is 0 Å². The van der Waals surface area contributed by atoms with E-state index in [1.807, 2.05) is 0 Å². The minimum atomic E-state index is -5.31. The number of rotatable bonds is 8. The van der Waals surface area contributed by atoms with E-state index in [1.54, 1.807) is 36.4 Å². The number of esters is 2. The number of carbonyl (C=O) groups excluding carboxylic acids is 2. The third kappa shape index (κ3) is 8.74. The lowest BCUT2D eigenvalue weighted by molar-refractivity contribution is -0.197. The molecule has 0 unspecified atom stereocenters. The molecule has 2 rings (SSSR count). The SMILES string of the molecule is [2H]C([2H])(OC(=O)C(F)(F)F)Sc1ccc(Cc2ccc(SCOC(=O)C(F)(F)F)cc2)cc1. The van der Waals surface area contributed by atoms with Crippen LogP contribution in [0.15, 0.2) is 58.3 Å². The molecule has 4 nitrogen and oxygen atoms in total. The van der Waals surface area contributed by atoms with Crippen LogP contribution >= 0.6 is 23.5 Å². The summed E-state index contributed by atoms with van der Waals surface area (Å²) < 4.78 is 95.7. The van der Waals surface area contributed by atoms with Gasteiger partial charge in [0.15, 0.2) is 0 Å². The number of hydrogen-bond acceptors (Lipinski definition) is 6. The van der Waals surface area contributed by atoms with Gasteiger partial charge in [-0.2, -0.15) is 26.3 Å². The van der Waals surface area contributed by atoms with Crippen molar-refractivity contribution in [3.05, 3.63) is 59.7 Å². The predicted octanol–water partition coefficient (Wildman–Crippen LogP) is 5.59. The number of carbonyl (C=O) groups is 2. The summed E-state index contributed by atoms with van der Waals surface area (Å²) in [5.41, 5.74) is 1.62. The van der Waals surface area contributed by atoms with E-state index >= 15 is 0 Å². The summed E-state index contributed by atoms with van der Waals surface area (Å²) >= 11 is 1.20. The van der Waals surface area contributed by atoms with E-state index in [1.165, 1.54) is 12.1 Å². The highest BCUT2D eigenvalue weighted by molar-refractivity contribution is 7.99. The standard InChI is InChI=1S/C19H14F6O4S2/c20-18(21,22)16(26)28-10-30-14-5-1-12(2-6-14)9-13-3-7-15(8-4-13)31-11-29-17(27)19(23,24)25/h1-8H,9-11H2/i10D2. The van der Waals surface area contributed by atoms with E-state index in [9.17, 15) is 35.9 Å². The fraction of sp³-hybridized carbons (Fsp3) is 0.263. The Balaban J connectivity index is 1.88. The van der Waals surface area contributed by atoms with Crippen LogP contribution in [-0.2, 0) is 25.5 Å². The summed E-state index contributed by atoms with van der Waals surface area (Å²) in [5, 5.41) is 0. The molecule has 0 saturated carbocycles. The average molecular weight is 486 g/mol. The fourth-order valence-corrected chi connectivity index (χ4v) is 3.13. The van der Waals surface area contributed by atoms with E-state index in [4.69, 9.17) is 2.74 Å². The summed E-state index contributed by atoms with van der Waals surface area (Å²) in [6, 6.07) is 12.8. The summed E-state index contributed by atoms with van der Waals surface area (Å²) in [7, 11) is 0. The highest BCUT2D eigenvalue weighted by Gasteiger charge is 2.41. The number of ether oxygens (including phenoxy) is 2. The molecular weight excluding hydrogens is 470 g/mol. The first-order chi connectivity index (χ1) is 15.2. The van der Waals surface area contributed by atoms with Gasteiger partial charge < -0.3 is 9.47 Å². The van der Waals surface area contributed by atoms with Crippen molar-refractivity contribution >= 4 is 35.5 Å². The Morgan fingerprint density at radius 2 is 1.16 bits per heavy atom. The molecular formula is C19H14F6O4S2. The lowest BCUT2D eigenvalue weighted by Crippen LogP contribution is -2.25. The molecule has 0 atom stereocenters. The first-order valence-corrected chi connectivity index (χ1v) is 10.00. The maximum absolute atomic E-state index is 12.2. The van der Waals surface area contributed by atoms with E-state index in [-0.39, 0.29) is 4.90 Å². The first kappa shape index (κ1) is 21.9. The molecule has 0 aliphatic rings. The molecule has 12 heteroatoms. The average Bonchev–Trinajstić information content (AvgIpc) is 2.68. The normalized spacial score (nSPS) is 13.2. The van der Waals surface area contributed by atoms with Crippen LogP contribution in [0.25, 0.3) is 0 Å². The molecule has 0 bridgehead atoms. The third-order valence-electron chi connectivity index (χ3n) is 3.43. The van der Waals surface area contributed by atoms with E-state index in [2.05, 4.69) is 9.47 Å². The molecule has 0 fully saturated rings. The van der Waals surface area contributed by atoms with Gasteiger partial charge in [-0.25, -0.2) is 9.59 Å². The van der Waals surface area contributed by atoms with Crippen LogP contribution in [0.2, 0.25) is 0 Å². The summed E-state index contributed by atoms with van der Waals surface area (Å²) in [6.07, 6.45) is -9.91. The zero-order valence-electron chi connectivity index (χ0n) is 17.3. The van der Waals surface area contributed by atoms with Crippen molar-refractivity contribution in [3.63, 3.8) is 0 Å². The molecule has 0 aliphatic carbocycles. The summed E-state index contributed by atoms with van der Waals surface area (Å²) in [5.74, 6) is -8.31. The molecule has 0 N–H and O–H groups in total. The van der Waals surface area contributed by atoms with Crippen LogP contribution in [0.1, 0.15) is 13.9 Å². The minimum absolute atomic E-state index is 0.235. The minimum Gasteiger partial charge on any atom is -0.448 e. The monoisotopic (exact) mass is 486 g/mol. The van der Waals surface area contributed by atoms with E-state index < -0.39 is 36.1 Å². The van der Waals surface area contributed by atoms with Crippen molar-refractivity contribution in [1.82, 2.24) is 0 Å². The van der Waals surface area contributed by atoms with Gasteiger partial charge in [0.25, 0.3) is 0 Å². The molecule has 0 heterocycles. The molecule has 0 aromatic heterocycles. The smallest absolute Gasteiger partial charge is 0.448 e. The van der Waals surface area contributed by atoms with Crippen LogP contribution in [-0.4, -0.2) is 36.1 Å². The number of thioether (sulfide) groups is 2. The van der Waals surface area contributed by atoms with Crippen molar-refractivity contribution in [1.29, 1.82) is 0 Å². The summed E-state index contributed by atoms with van der Waals surface area (Å²) in [6.45, 7) is 0. The molecule has 0 amide bonds. The van der Waals surface area contributed by atoms with Crippen molar-refractivity contribution in [2.75, 3.05) is 11.8 Å².